The van der Waals surface area contributed by atoms with E-state index >= 15 is 0 Å². The number of nitro groups is 1. The van der Waals surface area contributed by atoms with Gasteiger partial charge in [0.1, 0.15) is 11.4 Å². The summed E-state index contributed by atoms with van der Waals surface area (Å²) in [5, 5.41) is 11.3. The molecule has 1 aromatic rings. The van der Waals surface area contributed by atoms with Gasteiger partial charge in [-0.05, 0) is 31.7 Å². The van der Waals surface area contributed by atoms with E-state index in [0.29, 0.717) is 11.1 Å². The molecular weight excluding hydrogens is 322 g/mol. The zero-order valence-electron chi connectivity index (χ0n) is 12.7. The van der Waals surface area contributed by atoms with Crippen LogP contribution in [0.4, 0.5) is 5.69 Å². The molecule has 0 aliphatic carbocycles. The van der Waals surface area contributed by atoms with Gasteiger partial charge in [0.25, 0.3) is 5.69 Å². The number of nitrogens with zero attached hydrogens (tertiary/aromatic N) is 1. The molecule has 112 valence electrons. The molecule has 1 aromatic carbocycles. The number of rotatable bonds is 5. The SMILES string of the molecule is CC(C)(C)CC(C)(C)Oc1ccc([N+](=O)[O-])cc1CBr. The van der Waals surface area contributed by atoms with Crippen molar-refractivity contribution >= 4 is 21.6 Å². The molecule has 1 rings (SSSR count). The lowest BCUT2D eigenvalue weighted by atomic mass is 9.83. The van der Waals surface area contributed by atoms with E-state index in [9.17, 15) is 10.1 Å². The number of alkyl halides is 1. The van der Waals surface area contributed by atoms with E-state index in [-0.39, 0.29) is 16.7 Å². The molecular formula is C15H22BrNO3. The molecule has 0 aliphatic rings. The van der Waals surface area contributed by atoms with Gasteiger partial charge < -0.3 is 4.74 Å². The quantitative estimate of drug-likeness (QED) is 0.425. The van der Waals surface area contributed by atoms with Gasteiger partial charge in [-0.2, -0.15) is 0 Å². The van der Waals surface area contributed by atoms with E-state index in [1.807, 2.05) is 13.8 Å². The molecule has 5 heteroatoms. The number of hydrogen-bond acceptors (Lipinski definition) is 3. The van der Waals surface area contributed by atoms with Gasteiger partial charge in [0.2, 0.25) is 0 Å². The fourth-order valence-electron chi connectivity index (χ4n) is 2.49. The zero-order chi connectivity index (χ0) is 15.6. The lowest BCUT2D eigenvalue weighted by Gasteiger charge is -2.33. The Balaban J connectivity index is 3.00. The third-order valence-corrected chi connectivity index (χ3v) is 3.35. The first-order valence-electron chi connectivity index (χ1n) is 6.56. The van der Waals surface area contributed by atoms with Gasteiger partial charge in [0, 0.05) is 23.0 Å². The maximum absolute atomic E-state index is 10.8. The third-order valence-electron chi connectivity index (χ3n) is 2.74. The van der Waals surface area contributed by atoms with Crippen LogP contribution in [0.25, 0.3) is 0 Å². The first-order valence-corrected chi connectivity index (χ1v) is 7.68. The van der Waals surface area contributed by atoms with E-state index in [1.54, 1.807) is 12.1 Å². The number of non-ortho nitro benzene ring substituents is 1. The van der Waals surface area contributed by atoms with Crippen LogP contribution in [0.3, 0.4) is 0 Å². The van der Waals surface area contributed by atoms with Gasteiger partial charge >= 0.3 is 0 Å². The molecule has 0 aromatic heterocycles. The standard InChI is InChI=1S/C15H22BrNO3/c1-14(2,3)10-15(4,5)20-13-7-6-12(17(18)19)8-11(13)9-16/h6-8H,9-10H2,1-5H3. The summed E-state index contributed by atoms with van der Waals surface area (Å²) in [6, 6.07) is 4.71. The minimum absolute atomic E-state index is 0.0837. The van der Waals surface area contributed by atoms with Crippen molar-refractivity contribution in [2.45, 2.75) is 52.0 Å². The molecule has 20 heavy (non-hydrogen) atoms. The summed E-state index contributed by atoms with van der Waals surface area (Å²) in [5.41, 5.74) is 0.700. The Labute approximate surface area is 128 Å². The van der Waals surface area contributed by atoms with Gasteiger partial charge in [0.15, 0.2) is 0 Å². The maximum Gasteiger partial charge on any atom is 0.270 e. The van der Waals surface area contributed by atoms with Crippen LogP contribution < -0.4 is 4.74 Å². The first kappa shape index (κ1) is 17.0. The van der Waals surface area contributed by atoms with Gasteiger partial charge in [-0.1, -0.05) is 36.7 Å². The molecule has 0 N–H and O–H groups in total. The Morgan fingerprint density at radius 3 is 2.30 bits per heavy atom. The third kappa shape index (κ3) is 5.12. The minimum Gasteiger partial charge on any atom is -0.488 e. The van der Waals surface area contributed by atoms with Crippen molar-refractivity contribution in [3.63, 3.8) is 0 Å². The van der Waals surface area contributed by atoms with Crippen LogP contribution in [0, 0.1) is 15.5 Å². The number of benzene rings is 1. The Bertz CT molecular complexity index is 492. The minimum atomic E-state index is -0.393. The predicted molar refractivity (Wildman–Crippen MR) is 84.5 cm³/mol. The van der Waals surface area contributed by atoms with Crippen molar-refractivity contribution in [2.75, 3.05) is 0 Å². The summed E-state index contributed by atoms with van der Waals surface area (Å²) >= 11 is 3.36. The molecule has 0 bridgehead atoms. The average molecular weight is 344 g/mol. The molecule has 0 unspecified atom stereocenters. The van der Waals surface area contributed by atoms with Crippen LogP contribution in [0.1, 0.15) is 46.6 Å². The highest BCUT2D eigenvalue weighted by molar-refractivity contribution is 9.08. The summed E-state index contributed by atoms with van der Waals surface area (Å²) in [6.45, 7) is 10.6. The average Bonchev–Trinajstić information content (AvgIpc) is 2.25. The van der Waals surface area contributed by atoms with Crippen LogP contribution in [-0.4, -0.2) is 10.5 Å². The number of ether oxygens (including phenoxy) is 1. The Morgan fingerprint density at radius 2 is 1.85 bits per heavy atom. The number of nitro benzene ring substituents is 1. The van der Waals surface area contributed by atoms with E-state index < -0.39 is 4.92 Å². The summed E-state index contributed by atoms with van der Waals surface area (Å²) in [7, 11) is 0. The van der Waals surface area contributed by atoms with Crippen molar-refractivity contribution in [1.82, 2.24) is 0 Å². The van der Waals surface area contributed by atoms with Gasteiger partial charge in [-0.3, -0.25) is 10.1 Å². The molecule has 0 aliphatic heterocycles. The highest BCUT2D eigenvalue weighted by Crippen LogP contribution is 2.34. The normalized spacial score (nSPS) is 12.3. The van der Waals surface area contributed by atoms with Crippen molar-refractivity contribution in [3.8, 4) is 5.75 Å². The lowest BCUT2D eigenvalue weighted by Crippen LogP contribution is -2.33. The highest BCUT2D eigenvalue weighted by Gasteiger charge is 2.28. The highest BCUT2D eigenvalue weighted by atomic mass is 79.9. The van der Waals surface area contributed by atoms with Gasteiger partial charge in [-0.25, -0.2) is 0 Å². The summed E-state index contributed by atoms with van der Waals surface area (Å²) in [5.74, 6) is 0.696. The predicted octanol–water partition coefficient (Wildman–Crippen LogP) is 5.08. The van der Waals surface area contributed by atoms with Crippen molar-refractivity contribution in [2.24, 2.45) is 5.41 Å². The fourth-order valence-corrected chi connectivity index (χ4v) is 2.93. The molecule has 0 radical (unpaired) electrons. The van der Waals surface area contributed by atoms with E-state index in [0.717, 1.165) is 12.0 Å². The van der Waals surface area contributed by atoms with E-state index in [2.05, 4.69) is 36.7 Å². The summed E-state index contributed by atoms with van der Waals surface area (Å²) in [6.07, 6.45) is 0.888. The second kappa shape index (κ2) is 6.12. The molecule has 0 heterocycles. The smallest absolute Gasteiger partial charge is 0.270 e. The van der Waals surface area contributed by atoms with Crippen LogP contribution in [0.2, 0.25) is 0 Å². The number of hydrogen-bond donors (Lipinski definition) is 0. The molecule has 0 saturated carbocycles. The maximum atomic E-state index is 10.8. The molecule has 0 atom stereocenters. The van der Waals surface area contributed by atoms with Gasteiger partial charge in [-0.15, -0.1) is 0 Å². The van der Waals surface area contributed by atoms with Crippen molar-refractivity contribution < 1.29 is 9.66 Å². The first-order chi connectivity index (χ1) is 9.04. The zero-order valence-corrected chi connectivity index (χ0v) is 14.3. The molecule has 0 saturated heterocycles. The fraction of sp³-hybridized carbons (Fsp3) is 0.600. The second-order valence-electron chi connectivity index (χ2n) is 6.78. The van der Waals surface area contributed by atoms with Crippen LogP contribution in [-0.2, 0) is 5.33 Å². The monoisotopic (exact) mass is 343 g/mol. The van der Waals surface area contributed by atoms with Crippen LogP contribution in [0.15, 0.2) is 18.2 Å². The van der Waals surface area contributed by atoms with E-state index in [1.165, 1.54) is 6.07 Å². The molecule has 4 nitrogen and oxygen atoms in total. The molecule has 0 spiro atoms. The second-order valence-corrected chi connectivity index (χ2v) is 7.34. The molecule has 0 amide bonds. The van der Waals surface area contributed by atoms with Gasteiger partial charge in [0.05, 0.1) is 4.92 Å². The Kier molecular flexibility index (Phi) is 5.19. The van der Waals surface area contributed by atoms with Crippen molar-refractivity contribution in [1.29, 1.82) is 0 Å². The van der Waals surface area contributed by atoms with Crippen LogP contribution >= 0.6 is 15.9 Å². The van der Waals surface area contributed by atoms with Crippen molar-refractivity contribution in [3.05, 3.63) is 33.9 Å². The molecule has 0 fully saturated rings. The summed E-state index contributed by atoms with van der Waals surface area (Å²) in [4.78, 5) is 10.4. The lowest BCUT2D eigenvalue weighted by molar-refractivity contribution is -0.384. The topological polar surface area (TPSA) is 52.4 Å². The summed E-state index contributed by atoms with van der Waals surface area (Å²) < 4.78 is 6.08. The Hall–Kier alpha value is -1.10. The van der Waals surface area contributed by atoms with Crippen LogP contribution in [0.5, 0.6) is 5.75 Å². The number of halogens is 1. The largest absolute Gasteiger partial charge is 0.488 e. The Morgan fingerprint density at radius 1 is 1.25 bits per heavy atom. The van der Waals surface area contributed by atoms with E-state index in [4.69, 9.17) is 4.74 Å².